The van der Waals surface area contributed by atoms with Crippen molar-refractivity contribution < 1.29 is 27.8 Å². The van der Waals surface area contributed by atoms with Gasteiger partial charge in [-0.2, -0.15) is 0 Å². The van der Waals surface area contributed by atoms with E-state index in [9.17, 15) is 18.3 Å². The van der Waals surface area contributed by atoms with Crippen LogP contribution >= 0.6 is 0 Å². The first kappa shape index (κ1) is 33.0. The molecule has 0 bridgehead atoms. The molecule has 10 heteroatoms. The fourth-order valence-electron chi connectivity index (χ4n) is 5.50. The minimum absolute atomic E-state index is 0.00720. The van der Waals surface area contributed by atoms with E-state index in [-0.39, 0.29) is 41.9 Å². The van der Waals surface area contributed by atoms with Gasteiger partial charge in [0.25, 0.3) is 10.0 Å². The van der Waals surface area contributed by atoms with Crippen molar-refractivity contribution in [1.82, 2.24) is 9.80 Å². The lowest BCUT2D eigenvalue weighted by Crippen LogP contribution is -2.47. The van der Waals surface area contributed by atoms with Gasteiger partial charge >= 0.3 is 0 Å². The van der Waals surface area contributed by atoms with Gasteiger partial charge in [0, 0.05) is 36.8 Å². The molecule has 0 spiro atoms. The largest absolute Gasteiger partial charge is 0.488 e. The maximum absolute atomic E-state index is 13.6. The van der Waals surface area contributed by atoms with Crippen molar-refractivity contribution in [3.05, 3.63) is 114 Å². The lowest BCUT2D eigenvalue weighted by atomic mass is 10.0. The van der Waals surface area contributed by atoms with E-state index in [1.807, 2.05) is 75.5 Å². The highest BCUT2D eigenvalue weighted by atomic mass is 32.2. The van der Waals surface area contributed by atoms with Crippen LogP contribution in [0.5, 0.6) is 17.2 Å². The summed E-state index contributed by atoms with van der Waals surface area (Å²) in [5.74, 6) is 1.85. The molecule has 0 aliphatic carbocycles. The molecule has 1 amide bonds. The molecule has 9 nitrogen and oxygen atoms in total. The Hall–Kier alpha value is -4.38. The number of anilines is 1. The number of amides is 1. The smallest absolute Gasteiger partial charge is 0.261 e. The monoisotopic (exact) mass is 643 g/mol. The number of hydrogen-bond donors (Lipinski definition) is 2. The molecule has 0 radical (unpaired) electrons. The molecule has 4 aromatic rings. The van der Waals surface area contributed by atoms with Crippen LogP contribution in [0.2, 0.25) is 0 Å². The zero-order valence-electron chi connectivity index (χ0n) is 26.4. The third kappa shape index (κ3) is 8.45. The van der Waals surface area contributed by atoms with Gasteiger partial charge < -0.3 is 19.5 Å². The van der Waals surface area contributed by atoms with Crippen LogP contribution in [0.15, 0.2) is 108 Å². The topological polar surface area (TPSA) is 108 Å². The highest BCUT2D eigenvalue weighted by Gasteiger charge is 2.31. The van der Waals surface area contributed by atoms with Crippen molar-refractivity contribution in [2.45, 2.75) is 43.9 Å². The van der Waals surface area contributed by atoms with E-state index in [4.69, 9.17) is 9.47 Å². The molecule has 5 rings (SSSR count). The van der Waals surface area contributed by atoms with E-state index < -0.39 is 10.0 Å². The van der Waals surface area contributed by atoms with Crippen molar-refractivity contribution >= 4 is 21.6 Å². The van der Waals surface area contributed by atoms with Crippen LogP contribution in [0.1, 0.15) is 25.0 Å². The third-order valence-electron chi connectivity index (χ3n) is 8.07. The second-order valence-electron chi connectivity index (χ2n) is 11.9. The summed E-state index contributed by atoms with van der Waals surface area (Å²) in [7, 11) is -1.80. The first-order valence-electron chi connectivity index (χ1n) is 15.4. The molecule has 0 saturated heterocycles. The Bertz CT molecular complexity index is 1700. The number of carbonyl (C=O) groups excluding carboxylic acids is 1. The number of fused-ring (bicyclic) bond motifs is 1. The molecule has 3 atom stereocenters. The SMILES string of the molecule is C[C@H]1CN([C@@H](C)CO)C(=O)Cc2cc(NS(=O)(=O)c3ccccc3)ccc2O[C@H]1CN(C)Cc1ccc(Oc2ccccc2)cc1. The number of para-hydroxylation sites is 1. The van der Waals surface area contributed by atoms with Crippen molar-refractivity contribution in [1.29, 1.82) is 0 Å². The van der Waals surface area contributed by atoms with Crippen LogP contribution in [-0.2, 0) is 27.8 Å². The Morgan fingerprint density at radius 2 is 1.63 bits per heavy atom. The second kappa shape index (κ2) is 14.8. The highest BCUT2D eigenvalue weighted by molar-refractivity contribution is 7.92. The molecule has 0 unspecified atom stereocenters. The molecule has 0 saturated carbocycles. The van der Waals surface area contributed by atoms with Gasteiger partial charge in [0.05, 0.1) is 24.0 Å². The number of ether oxygens (including phenoxy) is 2. The number of nitrogens with one attached hydrogen (secondary N) is 1. The van der Waals surface area contributed by atoms with Gasteiger partial charge in [0.1, 0.15) is 23.4 Å². The number of hydrogen-bond acceptors (Lipinski definition) is 7. The molecule has 242 valence electrons. The summed E-state index contributed by atoms with van der Waals surface area (Å²) in [5.41, 5.74) is 2.02. The first-order chi connectivity index (χ1) is 22.1. The van der Waals surface area contributed by atoms with Crippen LogP contribution in [0.3, 0.4) is 0 Å². The van der Waals surface area contributed by atoms with Gasteiger partial charge in [0.15, 0.2) is 0 Å². The van der Waals surface area contributed by atoms with Gasteiger partial charge in [-0.25, -0.2) is 8.42 Å². The van der Waals surface area contributed by atoms with E-state index in [0.29, 0.717) is 36.6 Å². The number of benzene rings is 4. The van der Waals surface area contributed by atoms with Crippen molar-refractivity contribution in [2.24, 2.45) is 5.92 Å². The Balaban J connectivity index is 1.34. The fraction of sp³-hybridized carbons (Fsp3) is 0.306. The summed E-state index contributed by atoms with van der Waals surface area (Å²) >= 11 is 0. The van der Waals surface area contributed by atoms with Crippen LogP contribution in [0.4, 0.5) is 5.69 Å². The summed E-state index contributed by atoms with van der Waals surface area (Å²) < 4.78 is 41.2. The molecule has 1 heterocycles. The predicted molar refractivity (Wildman–Crippen MR) is 179 cm³/mol. The maximum Gasteiger partial charge on any atom is 0.261 e. The normalized spacial score (nSPS) is 17.7. The van der Waals surface area contributed by atoms with Crippen molar-refractivity contribution in [2.75, 3.05) is 31.5 Å². The molecular weight excluding hydrogens is 602 g/mol. The zero-order valence-corrected chi connectivity index (χ0v) is 27.2. The summed E-state index contributed by atoms with van der Waals surface area (Å²) in [6.45, 7) is 5.35. The summed E-state index contributed by atoms with van der Waals surface area (Å²) in [5, 5.41) is 9.96. The third-order valence-corrected chi connectivity index (χ3v) is 9.47. The minimum atomic E-state index is -3.82. The van der Waals surface area contributed by atoms with E-state index >= 15 is 0 Å². The number of rotatable bonds is 11. The lowest BCUT2D eigenvalue weighted by molar-refractivity contribution is -0.134. The summed E-state index contributed by atoms with van der Waals surface area (Å²) in [4.78, 5) is 17.6. The fourth-order valence-corrected chi connectivity index (χ4v) is 6.57. The van der Waals surface area contributed by atoms with Crippen molar-refractivity contribution in [3.8, 4) is 17.2 Å². The molecule has 4 aromatic carbocycles. The van der Waals surface area contributed by atoms with Gasteiger partial charge in [-0.3, -0.25) is 14.4 Å². The number of nitrogens with zero attached hydrogens (tertiary/aromatic N) is 2. The van der Waals surface area contributed by atoms with E-state index in [1.54, 1.807) is 41.3 Å². The Labute approximate surface area is 271 Å². The zero-order chi connectivity index (χ0) is 32.7. The van der Waals surface area contributed by atoms with Crippen LogP contribution in [0, 0.1) is 5.92 Å². The van der Waals surface area contributed by atoms with Gasteiger partial charge in [-0.15, -0.1) is 0 Å². The molecule has 1 aliphatic rings. The predicted octanol–water partition coefficient (Wildman–Crippen LogP) is 5.56. The number of aliphatic hydroxyl groups excluding tert-OH is 1. The molecule has 0 aromatic heterocycles. The molecule has 1 aliphatic heterocycles. The number of sulfonamides is 1. The number of aliphatic hydroxyl groups is 1. The van der Waals surface area contributed by atoms with Gasteiger partial charge in [0.2, 0.25) is 5.91 Å². The van der Waals surface area contributed by atoms with Gasteiger partial charge in [-0.05, 0) is 74.1 Å². The first-order valence-corrected chi connectivity index (χ1v) is 16.9. The Kier molecular flexibility index (Phi) is 10.6. The minimum Gasteiger partial charge on any atom is -0.488 e. The van der Waals surface area contributed by atoms with E-state index in [1.165, 1.54) is 12.1 Å². The number of likely N-dealkylation sites (N-methyl/N-ethyl adjacent to an activating group) is 1. The Morgan fingerprint density at radius 1 is 0.978 bits per heavy atom. The van der Waals surface area contributed by atoms with Crippen molar-refractivity contribution in [3.63, 3.8) is 0 Å². The lowest BCUT2D eigenvalue weighted by Gasteiger charge is -2.34. The van der Waals surface area contributed by atoms with E-state index in [0.717, 1.165) is 17.1 Å². The molecule has 2 N–H and O–H groups in total. The maximum atomic E-state index is 13.6. The van der Waals surface area contributed by atoms with Gasteiger partial charge in [-0.1, -0.05) is 55.5 Å². The Morgan fingerprint density at radius 3 is 2.30 bits per heavy atom. The van der Waals surface area contributed by atoms with Crippen LogP contribution < -0.4 is 14.2 Å². The summed E-state index contributed by atoms with van der Waals surface area (Å²) in [6.07, 6.45) is -0.289. The van der Waals surface area contributed by atoms with E-state index in [2.05, 4.69) is 9.62 Å². The molecule has 0 fully saturated rings. The van der Waals surface area contributed by atoms with Crippen LogP contribution in [0.25, 0.3) is 0 Å². The average Bonchev–Trinajstić information content (AvgIpc) is 3.09. The number of carbonyl (C=O) groups is 1. The quantitative estimate of drug-likeness (QED) is 0.220. The standard InChI is InChI=1S/C36H41N3O6S/c1-26-22-39(27(2)25-40)36(41)21-29-20-30(37-46(42,43)33-12-8-5-9-13-33)16-19-34(29)45-35(26)24-38(3)23-28-14-17-32(18-15-28)44-31-10-6-4-7-11-31/h4-20,26-27,35,37,40H,21-25H2,1-3H3/t26-,27-,35-/m0/s1. The molecule has 46 heavy (non-hydrogen) atoms. The second-order valence-corrected chi connectivity index (χ2v) is 13.6. The average molecular weight is 644 g/mol. The molecular formula is C36H41N3O6S. The van der Waals surface area contributed by atoms with Crippen LogP contribution in [-0.4, -0.2) is 68.1 Å². The highest BCUT2D eigenvalue weighted by Crippen LogP contribution is 2.30. The summed E-state index contributed by atoms with van der Waals surface area (Å²) in [6, 6.07) is 30.4.